The molecule has 0 radical (unpaired) electrons. The molecule has 2 heterocycles. The number of nitrogens with zero attached hydrogens (tertiary/aromatic N) is 2. The van der Waals surface area contributed by atoms with Crippen LogP contribution < -0.4 is 0 Å². The summed E-state index contributed by atoms with van der Waals surface area (Å²) in [5, 5.41) is 0.882. The number of likely N-dealkylation sites (tertiary alicyclic amines) is 1. The maximum atomic E-state index is 12.1. The Kier molecular flexibility index (Phi) is 4.67. The number of carbonyl (C=O) groups is 1. The number of thioether (sulfide) groups is 1. The van der Waals surface area contributed by atoms with Crippen LogP contribution >= 0.6 is 11.8 Å². The van der Waals surface area contributed by atoms with Gasteiger partial charge in [-0.1, -0.05) is 38.1 Å². The van der Waals surface area contributed by atoms with Crippen molar-refractivity contribution in [2.45, 2.75) is 33.1 Å². The van der Waals surface area contributed by atoms with Gasteiger partial charge >= 0.3 is 0 Å². The second-order valence-corrected chi connectivity index (χ2v) is 7.11. The Hall–Kier alpha value is -1.55. The van der Waals surface area contributed by atoms with Crippen LogP contribution in [0.25, 0.3) is 6.08 Å². The average molecular weight is 314 g/mol. The molecule has 0 unspecified atom stereocenters. The molecule has 3 rings (SSSR count). The summed E-state index contributed by atoms with van der Waals surface area (Å²) in [7, 11) is 0. The van der Waals surface area contributed by atoms with E-state index in [9.17, 15) is 4.79 Å². The summed E-state index contributed by atoms with van der Waals surface area (Å²) in [6, 6.07) is 8.37. The molecule has 0 aromatic heterocycles. The second kappa shape index (κ2) is 6.69. The van der Waals surface area contributed by atoms with Crippen LogP contribution in [-0.2, 0) is 11.2 Å². The van der Waals surface area contributed by atoms with Gasteiger partial charge in [0.2, 0.25) is 0 Å². The summed E-state index contributed by atoms with van der Waals surface area (Å²) in [4.78, 5) is 19.4. The summed E-state index contributed by atoms with van der Waals surface area (Å²) < 4.78 is 0. The second-order valence-electron chi connectivity index (χ2n) is 6.10. The van der Waals surface area contributed by atoms with Crippen LogP contribution in [0.1, 0.15) is 37.8 Å². The Bertz CT molecular complexity index is 618. The zero-order chi connectivity index (χ0) is 15.5. The predicted molar refractivity (Wildman–Crippen MR) is 93.8 cm³/mol. The molecule has 0 N–H and O–H groups in total. The third-order valence-electron chi connectivity index (χ3n) is 4.22. The van der Waals surface area contributed by atoms with Gasteiger partial charge in [0.15, 0.2) is 5.17 Å². The van der Waals surface area contributed by atoms with Crippen LogP contribution in [0.2, 0.25) is 0 Å². The standard InChI is InChI=1S/C18H22N2OS/c1-3-14-6-8-15(9-7-14)11-16-17(21)19-18(22-16)20-10-4-5-13(2)12-20/h6-9,11,13H,3-5,10,12H2,1-2H3/b16-11-/t13-/m0/s1. The predicted octanol–water partition coefficient (Wildman–Crippen LogP) is 3.95. The van der Waals surface area contributed by atoms with E-state index >= 15 is 0 Å². The molecule has 1 amide bonds. The van der Waals surface area contributed by atoms with Crippen molar-refractivity contribution in [1.82, 2.24) is 4.90 Å². The number of hydrogen-bond acceptors (Lipinski definition) is 3. The summed E-state index contributed by atoms with van der Waals surface area (Å²) in [5.74, 6) is 0.583. The topological polar surface area (TPSA) is 32.7 Å². The number of aliphatic imine (C=N–C) groups is 1. The minimum absolute atomic E-state index is 0.0993. The number of amides is 1. The lowest BCUT2D eigenvalue weighted by molar-refractivity contribution is -0.113. The van der Waals surface area contributed by atoms with Crippen molar-refractivity contribution in [2.75, 3.05) is 13.1 Å². The maximum absolute atomic E-state index is 12.1. The SMILES string of the molecule is CCc1ccc(/C=C2\SC(N3CCC[C@H](C)C3)=NC2=O)cc1. The molecule has 4 heteroatoms. The molecular formula is C18H22N2OS. The van der Waals surface area contributed by atoms with E-state index in [2.05, 4.69) is 48.0 Å². The van der Waals surface area contributed by atoms with Crippen molar-refractivity contribution in [2.24, 2.45) is 10.9 Å². The maximum Gasteiger partial charge on any atom is 0.286 e. The van der Waals surface area contributed by atoms with Crippen LogP contribution in [0.15, 0.2) is 34.2 Å². The zero-order valence-corrected chi connectivity index (χ0v) is 14.0. The largest absolute Gasteiger partial charge is 0.351 e. The van der Waals surface area contributed by atoms with Crippen molar-refractivity contribution in [1.29, 1.82) is 0 Å². The van der Waals surface area contributed by atoms with Crippen LogP contribution in [0.5, 0.6) is 0 Å². The minimum Gasteiger partial charge on any atom is -0.351 e. The molecule has 22 heavy (non-hydrogen) atoms. The first-order chi connectivity index (χ1) is 10.7. The van der Waals surface area contributed by atoms with Gasteiger partial charge in [-0.25, -0.2) is 0 Å². The number of aryl methyl sites for hydroxylation is 1. The van der Waals surface area contributed by atoms with Gasteiger partial charge in [-0.3, -0.25) is 4.79 Å². The van der Waals surface area contributed by atoms with Gasteiger partial charge in [0.1, 0.15) is 0 Å². The molecule has 1 saturated heterocycles. The van der Waals surface area contributed by atoms with Gasteiger partial charge in [-0.2, -0.15) is 4.99 Å². The van der Waals surface area contributed by atoms with Gasteiger partial charge in [0.25, 0.3) is 5.91 Å². The summed E-state index contributed by atoms with van der Waals surface area (Å²) in [6.45, 7) is 6.43. The summed E-state index contributed by atoms with van der Waals surface area (Å²) >= 11 is 1.52. The fourth-order valence-electron chi connectivity index (χ4n) is 2.90. The molecule has 2 aliphatic rings. The van der Waals surface area contributed by atoms with Crippen molar-refractivity contribution in [3.8, 4) is 0 Å². The van der Waals surface area contributed by atoms with Crippen molar-refractivity contribution >= 4 is 28.9 Å². The monoisotopic (exact) mass is 314 g/mol. The molecule has 0 bridgehead atoms. The molecule has 1 fully saturated rings. The van der Waals surface area contributed by atoms with Crippen LogP contribution in [0.3, 0.4) is 0 Å². The molecular weight excluding hydrogens is 292 g/mol. The lowest BCUT2D eigenvalue weighted by atomic mass is 10.0. The van der Waals surface area contributed by atoms with E-state index in [4.69, 9.17) is 0 Å². The molecule has 0 aliphatic carbocycles. The third kappa shape index (κ3) is 3.43. The average Bonchev–Trinajstić information content (AvgIpc) is 2.89. The molecule has 2 aliphatic heterocycles. The van der Waals surface area contributed by atoms with Gasteiger partial charge in [-0.15, -0.1) is 0 Å². The molecule has 0 spiro atoms. The zero-order valence-electron chi connectivity index (χ0n) is 13.2. The molecule has 1 aromatic rings. The number of benzene rings is 1. The third-order valence-corrected chi connectivity index (χ3v) is 5.27. The van der Waals surface area contributed by atoms with Crippen molar-refractivity contribution < 1.29 is 4.79 Å². The fourth-order valence-corrected chi connectivity index (χ4v) is 3.85. The van der Waals surface area contributed by atoms with Crippen LogP contribution in [-0.4, -0.2) is 29.1 Å². The number of rotatable bonds is 2. The Balaban J connectivity index is 1.72. The van der Waals surface area contributed by atoms with Crippen LogP contribution in [0.4, 0.5) is 0 Å². The Morgan fingerprint density at radius 1 is 1.36 bits per heavy atom. The Morgan fingerprint density at radius 3 is 2.82 bits per heavy atom. The highest BCUT2D eigenvalue weighted by Gasteiger charge is 2.28. The van der Waals surface area contributed by atoms with Gasteiger partial charge in [0, 0.05) is 13.1 Å². The molecule has 116 valence electrons. The van der Waals surface area contributed by atoms with E-state index < -0.39 is 0 Å². The number of hydrogen-bond donors (Lipinski definition) is 0. The highest BCUT2D eigenvalue weighted by atomic mass is 32.2. The lowest BCUT2D eigenvalue weighted by Gasteiger charge is -2.31. The highest BCUT2D eigenvalue weighted by molar-refractivity contribution is 8.18. The molecule has 3 nitrogen and oxygen atoms in total. The lowest BCUT2D eigenvalue weighted by Crippen LogP contribution is -2.37. The smallest absolute Gasteiger partial charge is 0.286 e. The molecule has 1 aromatic carbocycles. The van der Waals surface area contributed by atoms with E-state index in [1.807, 2.05) is 6.08 Å². The Labute approximate surface area is 136 Å². The highest BCUT2D eigenvalue weighted by Crippen LogP contribution is 2.32. The number of amidine groups is 1. The molecule has 1 atom stereocenters. The van der Waals surface area contributed by atoms with Crippen molar-refractivity contribution in [3.05, 3.63) is 40.3 Å². The van der Waals surface area contributed by atoms with Gasteiger partial charge < -0.3 is 4.90 Å². The normalized spacial score (nSPS) is 24.0. The quantitative estimate of drug-likeness (QED) is 0.775. The summed E-state index contributed by atoms with van der Waals surface area (Å²) in [6.07, 6.45) is 5.45. The minimum atomic E-state index is -0.0993. The number of piperidine rings is 1. The van der Waals surface area contributed by atoms with E-state index in [1.54, 1.807) is 0 Å². The van der Waals surface area contributed by atoms with Gasteiger partial charge in [0.05, 0.1) is 4.91 Å². The van der Waals surface area contributed by atoms with Gasteiger partial charge in [-0.05, 0) is 54.1 Å². The van der Waals surface area contributed by atoms with E-state index in [-0.39, 0.29) is 5.91 Å². The first-order valence-electron chi connectivity index (χ1n) is 8.02. The fraction of sp³-hybridized carbons (Fsp3) is 0.444. The van der Waals surface area contributed by atoms with E-state index in [1.165, 1.54) is 30.2 Å². The molecule has 0 saturated carbocycles. The number of carbonyl (C=O) groups excluding carboxylic acids is 1. The van der Waals surface area contributed by atoms with Crippen molar-refractivity contribution in [3.63, 3.8) is 0 Å². The Morgan fingerprint density at radius 2 is 2.14 bits per heavy atom. The first-order valence-corrected chi connectivity index (χ1v) is 8.84. The van der Waals surface area contributed by atoms with E-state index in [0.29, 0.717) is 5.92 Å². The van der Waals surface area contributed by atoms with E-state index in [0.717, 1.165) is 35.1 Å². The summed E-state index contributed by atoms with van der Waals surface area (Å²) in [5.41, 5.74) is 2.38. The van der Waals surface area contributed by atoms with Crippen LogP contribution in [0, 0.1) is 5.92 Å². The first kappa shape index (κ1) is 15.3.